The zero-order valence-corrected chi connectivity index (χ0v) is 11.0. The molecule has 0 aromatic heterocycles. The van der Waals surface area contributed by atoms with Gasteiger partial charge in [-0.2, -0.15) is 0 Å². The van der Waals surface area contributed by atoms with Gasteiger partial charge in [0, 0.05) is 6.54 Å². The quantitative estimate of drug-likeness (QED) is 0.604. The van der Waals surface area contributed by atoms with Gasteiger partial charge in [0.1, 0.15) is 0 Å². The van der Waals surface area contributed by atoms with Gasteiger partial charge < -0.3 is 10.1 Å². The number of esters is 1. The smallest absolute Gasteiger partial charge is 0.396 e. The Balaban J connectivity index is 2.38. The van der Waals surface area contributed by atoms with Gasteiger partial charge in [-0.3, -0.25) is 4.79 Å². The Bertz CT molecular complexity index is 280. The van der Waals surface area contributed by atoms with Crippen LogP contribution in [0.15, 0.2) is 0 Å². The number of hydrogen-bond acceptors (Lipinski definition) is 3. The Kier molecular flexibility index (Phi) is 4.97. The first kappa shape index (κ1) is 14.0. The van der Waals surface area contributed by atoms with E-state index in [9.17, 15) is 9.59 Å². The monoisotopic (exact) mass is 241 g/mol. The maximum atomic E-state index is 11.4. The van der Waals surface area contributed by atoms with E-state index in [2.05, 4.69) is 23.9 Å². The van der Waals surface area contributed by atoms with Gasteiger partial charge in [0.2, 0.25) is 0 Å². The molecule has 4 nitrogen and oxygen atoms in total. The number of nitrogens with one attached hydrogen (secondary N) is 1. The molecule has 0 atom stereocenters. The molecule has 17 heavy (non-hydrogen) atoms. The first-order valence-electron chi connectivity index (χ1n) is 6.42. The van der Waals surface area contributed by atoms with E-state index in [0.29, 0.717) is 12.5 Å². The second kappa shape index (κ2) is 6.03. The van der Waals surface area contributed by atoms with Crippen molar-refractivity contribution in [3.63, 3.8) is 0 Å². The molecule has 1 amide bonds. The van der Waals surface area contributed by atoms with Gasteiger partial charge in [0.05, 0.1) is 6.61 Å². The van der Waals surface area contributed by atoms with Crippen LogP contribution in [0.25, 0.3) is 0 Å². The van der Waals surface area contributed by atoms with Crippen LogP contribution in [0, 0.1) is 11.3 Å². The molecule has 0 bridgehead atoms. The lowest BCUT2D eigenvalue weighted by Crippen LogP contribution is -2.41. The van der Waals surface area contributed by atoms with Gasteiger partial charge in [-0.1, -0.05) is 26.7 Å². The highest BCUT2D eigenvalue weighted by molar-refractivity contribution is 6.32. The van der Waals surface area contributed by atoms with E-state index in [4.69, 9.17) is 0 Å². The molecule has 1 aliphatic rings. The van der Waals surface area contributed by atoms with Crippen LogP contribution < -0.4 is 5.32 Å². The molecule has 0 spiro atoms. The van der Waals surface area contributed by atoms with E-state index >= 15 is 0 Å². The van der Waals surface area contributed by atoms with E-state index in [0.717, 1.165) is 0 Å². The number of rotatable bonds is 4. The van der Waals surface area contributed by atoms with Crippen molar-refractivity contribution in [1.29, 1.82) is 0 Å². The first-order valence-corrected chi connectivity index (χ1v) is 6.42. The van der Waals surface area contributed by atoms with E-state index in [-0.39, 0.29) is 12.0 Å². The zero-order valence-electron chi connectivity index (χ0n) is 11.0. The molecule has 0 unspecified atom stereocenters. The molecule has 0 radical (unpaired) electrons. The van der Waals surface area contributed by atoms with Gasteiger partial charge in [-0.25, -0.2) is 4.79 Å². The Labute approximate surface area is 103 Å². The maximum absolute atomic E-state index is 11.4. The summed E-state index contributed by atoms with van der Waals surface area (Å²) in [5.74, 6) is -0.766. The second-order valence-electron chi connectivity index (χ2n) is 5.37. The van der Waals surface area contributed by atoms with E-state index < -0.39 is 11.9 Å². The lowest BCUT2D eigenvalue weighted by Gasteiger charge is -2.31. The van der Waals surface area contributed by atoms with Crippen molar-refractivity contribution < 1.29 is 14.3 Å². The number of ether oxygens (including phenoxy) is 1. The topological polar surface area (TPSA) is 55.4 Å². The fraction of sp³-hybridized carbons (Fsp3) is 0.846. The molecule has 0 aromatic rings. The van der Waals surface area contributed by atoms with Crippen molar-refractivity contribution in [2.45, 2.75) is 46.5 Å². The molecule has 1 aliphatic carbocycles. The zero-order chi connectivity index (χ0) is 12.9. The Morgan fingerprint density at radius 3 is 2.41 bits per heavy atom. The third-order valence-corrected chi connectivity index (χ3v) is 3.63. The van der Waals surface area contributed by atoms with Crippen LogP contribution in [0.3, 0.4) is 0 Å². The fourth-order valence-electron chi connectivity index (χ4n) is 2.43. The minimum absolute atomic E-state index is 0.0542. The normalized spacial score (nSPS) is 16.9. The molecule has 0 aromatic carbocycles. The van der Waals surface area contributed by atoms with Crippen LogP contribution >= 0.6 is 0 Å². The Morgan fingerprint density at radius 2 is 1.88 bits per heavy atom. The minimum atomic E-state index is -0.783. The SMILES string of the molecule is CCOC(=O)C(=O)NCC(C)(C)C1CCCC1. The van der Waals surface area contributed by atoms with Gasteiger partial charge in [-0.15, -0.1) is 0 Å². The number of hydrogen-bond donors (Lipinski definition) is 1. The standard InChI is InChI=1S/C13H23NO3/c1-4-17-12(16)11(15)14-9-13(2,3)10-7-5-6-8-10/h10H,4-9H2,1-3H3,(H,14,15). The average molecular weight is 241 g/mol. The van der Waals surface area contributed by atoms with Gasteiger partial charge in [0.25, 0.3) is 0 Å². The van der Waals surface area contributed by atoms with Crippen LogP contribution in [-0.4, -0.2) is 25.0 Å². The predicted octanol–water partition coefficient (Wildman–Crippen LogP) is 1.88. The molecular weight excluding hydrogens is 218 g/mol. The molecule has 1 fully saturated rings. The summed E-state index contributed by atoms with van der Waals surface area (Å²) < 4.78 is 4.64. The highest BCUT2D eigenvalue weighted by Crippen LogP contribution is 2.38. The Morgan fingerprint density at radius 1 is 1.29 bits per heavy atom. The summed E-state index contributed by atoms with van der Waals surface area (Å²) >= 11 is 0. The molecular formula is C13H23NO3. The summed E-state index contributed by atoms with van der Waals surface area (Å²) in [6.07, 6.45) is 5.00. The van der Waals surface area contributed by atoms with Crippen LogP contribution in [0.5, 0.6) is 0 Å². The largest absolute Gasteiger partial charge is 0.459 e. The average Bonchev–Trinajstić information content (AvgIpc) is 2.80. The summed E-state index contributed by atoms with van der Waals surface area (Å²) in [5.41, 5.74) is 0.0542. The highest BCUT2D eigenvalue weighted by atomic mass is 16.5. The van der Waals surface area contributed by atoms with Gasteiger partial charge >= 0.3 is 11.9 Å². The van der Waals surface area contributed by atoms with Crippen molar-refractivity contribution in [3.05, 3.63) is 0 Å². The summed E-state index contributed by atoms with van der Waals surface area (Å²) in [4.78, 5) is 22.6. The third kappa shape index (κ3) is 4.02. The molecule has 1 rings (SSSR count). The third-order valence-electron chi connectivity index (χ3n) is 3.63. The summed E-state index contributed by atoms with van der Waals surface area (Å²) in [7, 11) is 0. The second-order valence-corrected chi connectivity index (χ2v) is 5.37. The van der Waals surface area contributed by atoms with Crippen LogP contribution in [0.4, 0.5) is 0 Å². The first-order chi connectivity index (χ1) is 7.97. The number of amides is 1. The fourth-order valence-corrected chi connectivity index (χ4v) is 2.43. The summed E-state index contributed by atoms with van der Waals surface area (Å²) in [6.45, 7) is 6.75. The number of carbonyl (C=O) groups excluding carboxylic acids is 2. The minimum Gasteiger partial charge on any atom is -0.459 e. The van der Waals surface area contributed by atoms with E-state index in [1.54, 1.807) is 6.92 Å². The molecule has 1 saturated carbocycles. The van der Waals surface area contributed by atoms with Gasteiger partial charge in [-0.05, 0) is 31.1 Å². The van der Waals surface area contributed by atoms with Gasteiger partial charge in [0.15, 0.2) is 0 Å². The van der Waals surface area contributed by atoms with Crippen LogP contribution in [0.1, 0.15) is 46.5 Å². The van der Waals surface area contributed by atoms with E-state index in [1.165, 1.54) is 25.7 Å². The molecule has 98 valence electrons. The molecule has 4 heteroatoms. The van der Waals surface area contributed by atoms with Crippen molar-refractivity contribution >= 4 is 11.9 Å². The molecule has 0 heterocycles. The predicted molar refractivity (Wildman–Crippen MR) is 65.4 cm³/mol. The van der Waals surface area contributed by atoms with Crippen LogP contribution in [-0.2, 0) is 14.3 Å². The van der Waals surface area contributed by atoms with Crippen LogP contribution in [0.2, 0.25) is 0 Å². The van der Waals surface area contributed by atoms with Crippen molar-refractivity contribution in [1.82, 2.24) is 5.32 Å². The lowest BCUT2D eigenvalue weighted by molar-refractivity contribution is -0.154. The highest BCUT2D eigenvalue weighted by Gasteiger charge is 2.32. The molecule has 0 saturated heterocycles. The molecule has 1 N–H and O–H groups in total. The summed E-state index contributed by atoms with van der Waals surface area (Å²) in [6, 6.07) is 0. The lowest BCUT2D eigenvalue weighted by atomic mass is 9.78. The Hall–Kier alpha value is -1.06. The maximum Gasteiger partial charge on any atom is 0.396 e. The van der Waals surface area contributed by atoms with Crippen molar-refractivity contribution in [2.75, 3.05) is 13.2 Å². The summed E-state index contributed by atoms with van der Waals surface area (Å²) in [5, 5.41) is 2.67. The van der Waals surface area contributed by atoms with Crippen molar-refractivity contribution in [2.24, 2.45) is 11.3 Å². The van der Waals surface area contributed by atoms with E-state index in [1.807, 2.05) is 0 Å². The van der Waals surface area contributed by atoms with Crippen molar-refractivity contribution in [3.8, 4) is 0 Å². The molecule has 0 aliphatic heterocycles. The number of carbonyl (C=O) groups is 2.